The number of nitrogens with one attached hydrogen (secondary N) is 2. The summed E-state index contributed by atoms with van der Waals surface area (Å²) in [7, 11) is 1.86. The lowest BCUT2D eigenvalue weighted by atomic mass is 10.2. The molecule has 7 nitrogen and oxygen atoms in total. The van der Waals surface area contributed by atoms with E-state index in [0.29, 0.717) is 18.4 Å². The second kappa shape index (κ2) is 6.27. The molecule has 0 aliphatic carbocycles. The SMILES string of the molecule is CCOc1ccc(-c2nc(Nc3ccc4[nH]ncc4c3)n(C)n2)cc1. The number of hydrogen-bond donors (Lipinski definition) is 2. The van der Waals surface area contributed by atoms with Crippen molar-refractivity contribution in [3.63, 3.8) is 0 Å². The molecule has 0 saturated heterocycles. The van der Waals surface area contributed by atoms with Crippen molar-refractivity contribution in [2.24, 2.45) is 7.05 Å². The van der Waals surface area contributed by atoms with E-state index in [1.165, 1.54) is 0 Å². The molecule has 0 fully saturated rings. The predicted molar refractivity (Wildman–Crippen MR) is 97.0 cm³/mol. The van der Waals surface area contributed by atoms with Gasteiger partial charge in [0.2, 0.25) is 5.95 Å². The molecule has 0 aliphatic heterocycles. The standard InChI is InChI=1S/C18H18N6O/c1-3-25-15-7-4-12(5-8-15)17-21-18(24(2)23-17)20-14-6-9-16-13(10-14)11-19-22-16/h4-11H,3H2,1-2H3,(H,19,22)(H,20,21,23). The predicted octanol–water partition coefficient (Wildman–Crippen LogP) is 3.50. The monoisotopic (exact) mass is 334 g/mol. The van der Waals surface area contributed by atoms with Crippen LogP contribution in [-0.4, -0.2) is 31.6 Å². The highest BCUT2D eigenvalue weighted by Crippen LogP contribution is 2.24. The van der Waals surface area contributed by atoms with Crippen LogP contribution in [0.25, 0.3) is 22.3 Å². The Balaban J connectivity index is 1.58. The van der Waals surface area contributed by atoms with E-state index in [4.69, 9.17) is 4.74 Å². The summed E-state index contributed by atoms with van der Waals surface area (Å²) in [6.07, 6.45) is 1.79. The summed E-state index contributed by atoms with van der Waals surface area (Å²) in [5, 5.41) is 15.8. The lowest BCUT2D eigenvalue weighted by Gasteiger charge is -2.04. The van der Waals surface area contributed by atoms with E-state index in [2.05, 4.69) is 25.6 Å². The van der Waals surface area contributed by atoms with Crippen LogP contribution in [0.5, 0.6) is 5.75 Å². The second-order valence-electron chi connectivity index (χ2n) is 5.64. The summed E-state index contributed by atoms with van der Waals surface area (Å²) in [4.78, 5) is 4.60. The molecule has 0 radical (unpaired) electrons. The van der Waals surface area contributed by atoms with Gasteiger partial charge >= 0.3 is 0 Å². The van der Waals surface area contributed by atoms with Crippen LogP contribution in [0.15, 0.2) is 48.7 Å². The van der Waals surface area contributed by atoms with Crippen LogP contribution in [0, 0.1) is 0 Å². The molecule has 0 atom stereocenters. The number of rotatable bonds is 5. The summed E-state index contributed by atoms with van der Waals surface area (Å²) in [5.41, 5.74) is 2.87. The van der Waals surface area contributed by atoms with E-state index >= 15 is 0 Å². The van der Waals surface area contributed by atoms with Crippen LogP contribution in [0.1, 0.15) is 6.92 Å². The van der Waals surface area contributed by atoms with Gasteiger partial charge in [0.1, 0.15) is 5.75 Å². The molecular weight excluding hydrogens is 316 g/mol. The fourth-order valence-electron chi connectivity index (χ4n) is 2.63. The average molecular weight is 334 g/mol. The zero-order valence-corrected chi connectivity index (χ0v) is 14.0. The molecule has 2 N–H and O–H groups in total. The summed E-state index contributed by atoms with van der Waals surface area (Å²) < 4.78 is 7.19. The Hall–Kier alpha value is -3.35. The quantitative estimate of drug-likeness (QED) is 0.584. The normalized spacial score (nSPS) is 11.0. The molecule has 4 aromatic rings. The first-order valence-electron chi connectivity index (χ1n) is 8.07. The number of ether oxygens (including phenoxy) is 1. The Morgan fingerprint density at radius 1 is 1.16 bits per heavy atom. The highest BCUT2D eigenvalue weighted by atomic mass is 16.5. The lowest BCUT2D eigenvalue weighted by molar-refractivity contribution is 0.340. The number of benzene rings is 2. The molecule has 0 saturated carbocycles. The number of aromatic nitrogens is 5. The molecule has 0 spiro atoms. The Kier molecular flexibility index (Phi) is 3.81. The number of fused-ring (bicyclic) bond motifs is 1. The zero-order valence-electron chi connectivity index (χ0n) is 14.0. The number of hydrogen-bond acceptors (Lipinski definition) is 5. The van der Waals surface area contributed by atoms with E-state index in [1.54, 1.807) is 10.9 Å². The van der Waals surface area contributed by atoms with E-state index in [-0.39, 0.29) is 0 Å². The van der Waals surface area contributed by atoms with Gasteiger partial charge in [-0.25, -0.2) is 4.68 Å². The fraction of sp³-hybridized carbons (Fsp3) is 0.167. The van der Waals surface area contributed by atoms with Crippen molar-refractivity contribution in [1.82, 2.24) is 25.0 Å². The molecule has 126 valence electrons. The Bertz CT molecular complexity index is 1000. The largest absolute Gasteiger partial charge is 0.494 e. The Morgan fingerprint density at radius 2 is 2.00 bits per heavy atom. The molecular formula is C18H18N6O. The van der Waals surface area contributed by atoms with Crippen LogP contribution < -0.4 is 10.1 Å². The van der Waals surface area contributed by atoms with Crippen molar-refractivity contribution in [2.45, 2.75) is 6.92 Å². The molecule has 2 aromatic carbocycles. The van der Waals surface area contributed by atoms with Gasteiger partial charge in [0.25, 0.3) is 0 Å². The van der Waals surface area contributed by atoms with Gasteiger partial charge in [-0.15, -0.1) is 5.10 Å². The van der Waals surface area contributed by atoms with Gasteiger partial charge in [-0.1, -0.05) is 0 Å². The van der Waals surface area contributed by atoms with Crippen LogP contribution in [0.2, 0.25) is 0 Å². The molecule has 0 aliphatic rings. The van der Waals surface area contributed by atoms with E-state index in [0.717, 1.165) is 27.9 Å². The van der Waals surface area contributed by atoms with Gasteiger partial charge in [0.15, 0.2) is 5.82 Å². The van der Waals surface area contributed by atoms with Crippen molar-refractivity contribution in [3.05, 3.63) is 48.7 Å². The van der Waals surface area contributed by atoms with Crippen LogP contribution in [0.4, 0.5) is 11.6 Å². The lowest BCUT2D eigenvalue weighted by Crippen LogP contribution is -1.99. The van der Waals surface area contributed by atoms with Crippen molar-refractivity contribution in [3.8, 4) is 17.1 Å². The van der Waals surface area contributed by atoms with Crippen molar-refractivity contribution in [2.75, 3.05) is 11.9 Å². The zero-order chi connectivity index (χ0) is 17.2. The molecule has 25 heavy (non-hydrogen) atoms. The van der Waals surface area contributed by atoms with Gasteiger partial charge < -0.3 is 10.1 Å². The first-order valence-corrected chi connectivity index (χ1v) is 8.07. The third kappa shape index (κ3) is 3.03. The van der Waals surface area contributed by atoms with Gasteiger partial charge in [-0.05, 0) is 49.4 Å². The Morgan fingerprint density at radius 3 is 2.80 bits per heavy atom. The molecule has 0 unspecified atom stereocenters. The van der Waals surface area contributed by atoms with Crippen LogP contribution in [0.3, 0.4) is 0 Å². The minimum Gasteiger partial charge on any atom is -0.494 e. The summed E-state index contributed by atoms with van der Waals surface area (Å²) >= 11 is 0. The second-order valence-corrected chi connectivity index (χ2v) is 5.64. The Labute approximate surface area is 144 Å². The van der Waals surface area contributed by atoms with E-state index in [1.807, 2.05) is 56.4 Å². The van der Waals surface area contributed by atoms with Crippen LogP contribution in [-0.2, 0) is 7.05 Å². The number of anilines is 2. The van der Waals surface area contributed by atoms with Crippen molar-refractivity contribution in [1.29, 1.82) is 0 Å². The third-order valence-corrected chi connectivity index (χ3v) is 3.88. The number of nitrogens with zero attached hydrogens (tertiary/aromatic N) is 4. The minimum atomic E-state index is 0.649. The molecule has 7 heteroatoms. The van der Waals surface area contributed by atoms with Crippen LogP contribution >= 0.6 is 0 Å². The molecule has 4 rings (SSSR count). The first-order chi connectivity index (χ1) is 12.2. The molecule has 0 bridgehead atoms. The maximum Gasteiger partial charge on any atom is 0.225 e. The van der Waals surface area contributed by atoms with E-state index in [9.17, 15) is 0 Å². The average Bonchev–Trinajstić information content (AvgIpc) is 3.22. The van der Waals surface area contributed by atoms with Gasteiger partial charge in [-0.2, -0.15) is 10.1 Å². The fourth-order valence-corrected chi connectivity index (χ4v) is 2.63. The topological polar surface area (TPSA) is 80.6 Å². The van der Waals surface area contributed by atoms with Gasteiger partial charge in [0.05, 0.1) is 18.3 Å². The summed E-state index contributed by atoms with van der Waals surface area (Å²) in [6, 6.07) is 13.7. The van der Waals surface area contributed by atoms with Crippen molar-refractivity contribution < 1.29 is 4.74 Å². The molecule has 0 amide bonds. The number of aryl methyl sites for hydroxylation is 1. The molecule has 2 aromatic heterocycles. The maximum absolute atomic E-state index is 5.47. The smallest absolute Gasteiger partial charge is 0.225 e. The summed E-state index contributed by atoms with van der Waals surface area (Å²) in [5.74, 6) is 2.18. The van der Waals surface area contributed by atoms with Gasteiger partial charge in [0, 0.05) is 23.7 Å². The van der Waals surface area contributed by atoms with Crippen molar-refractivity contribution >= 4 is 22.5 Å². The molecule has 2 heterocycles. The number of H-pyrrole nitrogens is 1. The number of aromatic amines is 1. The summed E-state index contributed by atoms with van der Waals surface area (Å²) in [6.45, 7) is 2.61. The van der Waals surface area contributed by atoms with E-state index < -0.39 is 0 Å². The minimum absolute atomic E-state index is 0.649. The third-order valence-electron chi connectivity index (χ3n) is 3.88. The first kappa shape index (κ1) is 15.2. The maximum atomic E-state index is 5.47. The van der Waals surface area contributed by atoms with Gasteiger partial charge in [-0.3, -0.25) is 5.10 Å². The highest BCUT2D eigenvalue weighted by Gasteiger charge is 2.10. The highest BCUT2D eigenvalue weighted by molar-refractivity contribution is 5.82.